The van der Waals surface area contributed by atoms with Gasteiger partial charge in [0, 0.05) is 19.6 Å². The Morgan fingerprint density at radius 1 is 1.40 bits per heavy atom. The lowest BCUT2D eigenvalue weighted by Gasteiger charge is -2.32. The van der Waals surface area contributed by atoms with Gasteiger partial charge in [-0.05, 0) is 49.6 Å². The van der Waals surface area contributed by atoms with Crippen molar-refractivity contribution in [3.8, 4) is 0 Å². The first-order valence-corrected chi connectivity index (χ1v) is 9.03. The van der Waals surface area contributed by atoms with Crippen LogP contribution < -0.4 is 10.6 Å². The summed E-state index contributed by atoms with van der Waals surface area (Å²) in [5.41, 5.74) is 0. The first kappa shape index (κ1) is 17.8. The molecule has 2 aliphatic heterocycles. The molecular formula is C16H26N6O3. The zero-order chi connectivity index (χ0) is 17.6. The molecule has 0 saturated carbocycles. The van der Waals surface area contributed by atoms with Gasteiger partial charge in [-0.15, -0.1) is 0 Å². The zero-order valence-corrected chi connectivity index (χ0v) is 14.4. The van der Waals surface area contributed by atoms with Gasteiger partial charge in [0.25, 0.3) is 0 Å². The standard InChI is InChI=1S/C16H26N6O3/c23-16(14-4-1-6-17-14)18-11-13-3-2-7-20(12-13)9-10-21-8-5-15(19-21)22(24)25/h5,8,13-14,17H,1-4,6-7,9-12H2,(H,18,23). The molecule has 1 amide bonds. The second-order valence-corrected chi connectivity index (χ2v) is 6.90. The number of carbonyl (C=O) groups is 1. The summed E-state index contributed by atoms with van der Waals surface area (Å²) in [7, 11) is 0. The molecule has 2 N–H and O–H groups in total. The number of aromatic nitrogens is 2. The number of amides is 1. The first-order chi connectivity index (χ1) is 12.1. The van der Waals surface area contributed by atoms with Crippen LogP contribution in [0.4, 0.5) is 5.82 Å². The summed E-state index contributed by atoms with van der Waals surface area (Å²) in [6.07, 6.45) is 5.89. The maximum Gasteiger partial charge on any atom is 0.389 e. The SMILES string of the molecule is O=C(NCC1CCCN(CCn2ccc([N+](=O)[O-])n2)C1)C1CCCN1. The van der Waals surface area contributed by atoms with E-state index in [9.17, 15) is 14.9 Å². The number of nitro groups is 1. The van der Waals surface area contributed by atoms with Crippen LogP contribution in [0.5, 0.6) is 0 Å². The van der Waals surface area contributed by atoms with Gasteiger partial charge in [0.15, 0.2) is 0 Å². The van der Waals surface area contributed by atoms with Crippen LogP contribution in [0.2, 0.25) is 0 Å². The van der Waals surface area contributed by atoms with Crippen molar-refractivity contribution in [2.45, 2.75) is 38.3 Å². The summed E-state index contributed by atoms with van der Waals surface area (Å²) in [4.78, 5) is 24.6. The molecule has 25 heavy (non-hydrogen) atoms. The molecule has 2 fully saturated rings. The number of carbonyl (C=O) groups excluding carboxylic acids is 1. The fraction of sp³-hybridized carbons (Fsp3) is 0.750. The fourth-order valence-corrected chi connectivity index (χ4v) is 3.61. The van der Waals surface area contributed by atoms with Gasteiger partial charge in [-0.2, -0.15) is 4.68 Å². The normalized spacial score (nSPS) is 24.3. The lowest BCUT2D eigenvalue weighted by atomic mass is 9.98. The van der Waals surface area contributed by atoms with Crippen LogP contribution in [-0.2, 0) is 11.3 Å². The second-order valence-electron chi connectivity index (χ2n) is 6.90. The summed E-state index contributed by atoms with van der Waals surface area (Å²) in [5.74, 6) is 0.476. The Morgan fingerprint density at radius 2 is 2.28 bits per heavy atom. The van der Waals surface area contributed by atoms with Crippen LogP contribution in [0, 0.1) is 16.0 Å². The molecule has 0 aromatic carbocycles. The van der Waals surface area contributed by atoms with Gasteiger partial charge in [-0.3, -0.25) is 4.79 Å². The topological polar surface area (TPSA) is 105 Å². The Balaban J connectivity index is 1.39. The summed E-state index contributed by atoms with van der Waals surface area (Å²) in [6, 6.07) is 1.40. The maximum atomic E-state index is 12.1. The van der Waals surface area contributed by atoms with E-state index in [1.54, 1.807) is 10.9 Å². The number of piperidine rings is 1. The van der Waals surface area contributed by atoms with Gasteiger partial charge in [0.1, 0.15) is 0 Å². The van der Waals surface area contributed by atoms with Crippen LogP contribution >= 0.6 is 0 Å². The Hall–Kier alpha value is -2.00. The highest BCUT2D eigenvalue weighted by Gasteiger charge is 2.24. The van der Waals surface area contributed by atoms with Crippen molar-refractivity contribution >= 4 is 11.7 Å². The van der Waals surface area contributed by atoms with E-state index in [1.807, 2.05) is 0 Å². The van der Waals surface area contributed by atoms with E-state index in [4.69, 9.17) is 0 Å². The number of likely N-dealkylation sites (tertiary alicyclic amines) is 1. The predicted molar refractivity (Wildman–Crippen MR) is 92.1 cm³/mol. The van der Waals surface area contributed by atoms with Crippen LogP contribution in [0.3, 0.4) is 0 Å². The van der Waals surface area contributed by atoms with Gasteiger partial charge in [0.2, 0.25) is 5.91 Å². The highest BCUT2D eigenvalue weighted by atomic mass is 16.6. The van der Waals surface area contributed by atoms with Crippen molar-refractivity contribution in [1.82, 2.24) is 25.3 Å². The van der Waals surface area contributed by atoms with Gasteiger partial charge < -0.3 is 25.6 Å². The van der Waals surface area contributed by atoms with Crippen LogP contribution in [0.1, 0.15) is 25.7 Å². The smallest absolute Gasteiger partial charge is 0.358 e. The van der Waals surface area contributed by atoms with Crippen molar-refractivity contribution in [3.05, 3.63) is 22.4 Å². The second kappa shape index (κ2) is 8.39. The monoisotopic (exact) mass is 350 g/mol. The van der Waals surface area contributed by atoms with Crippen molar-refractivity contribution in [3.63, 3.8) is 0 Å². The summed E-state index contributed by atoms with van der Waals surface area (Å²) >= 11 is 0. The van der Waals surface area contributed by atoms with E-state index in [1.165, 1.54) is 6.07 Å². The molecule has 0 aliphatic carbocycles. The largest absolute Gasteiger partial charge is 0.389 e. The number of hydrogen-bond acceptors (Lipinski definition) is 6. The van der Waals surface area contributed by atoms with Crippen LogP contribution in [-0.4, -0.2) is 64.3 Å². The summed E-state index contributed by atoms with van der Waals surface area (Å²) < 4.78 is 1.62. The molecule has 1 aromatic rings. The molecule has 3 heterocycles. The van der Waals surface area contributed by atoms with E-state index in [0.717, 1.165) is 58.4 Å². The Kier molecular flexibility index (Phi) is 5.98. The number of nitrogens with zero attached hydrogens (tertiary/aromatic N) is 4. The Morgan fingerprint density at radius 3 is 3.00 bits per heavy atom. The molecule has 138 valence electrons. The predicted octanol–water partition coefficient (Wildman–Crippen LogP) is 0.372. The van der Waals surface area contributed by atoms with Crippen molar-refractivity contribution in [2.75, 3.05) is 32.7 Å². The third-order valence-electron chi connectivity index (χ3n) is 5.00. The molecule has 2 saturated heterocycles. The lowest BCUT2D eigenvalue weighted by Crippen LogP contribution is -2.46. The van der Waals surface area contributed by atoms with Crippen molar-refractivity contribution < 1.29 is 9.72 Å². The van der Waals surface area contributed by atoms with Gasteiger partial charge in [-0.25, -0.2) is 0 Å². The molecule has 0 radical (unpaired) electrons. The van der Waals surface area contributed by atoms with Gasteiger partial charge in [-0.1, -0.05) is 0 Å². The average molecular weight is 350 g/mol. The van der Waals surface area contributed by atoms with E-state index < -0.39 is 4.92 Å². The quantitative estimate of drug-likeness (QED) is 0.544. The molecule has 1 aromatic heterocycles. The lowest BCUT2D eigenvalue weighted by molar-refractivity contribution is -0.389. The molecule has 2 aliphatic rings. The first-order valence-electron chi connectivity index (χ1n) is 9.03. The molecule has 3 rings (SSSR count). The van der Waals surface area contributed by atoms with E-state index in [2.05, 4.69) is 20.6 Å². The zero-order valence-electron chi connectivity index (χ0n) is 14.4. The van der Waals surface area contributed by atoms with Crippen LogP contribution in [0.15, 0.2) is 12.3 Å². The van der Waals surface area contributed by atoms with E-state index in [-0.39, 0.29) is 17.8 Å². The number of nitrogens with one attached hydrogen (secondary N) is 2. The van der Waals surface area contributed by atoms with Gasteiger partial charge >= 0.3 is 5.82 Å². The van der Waals surface area contributed by atoms with Crippen LogP contribution in [0.25, 0.3) is 0 Å². The minimum atomic E-state index is -0.477. The number of rotatable bonds is 7. The summed E-state index contributed by atoms with van der Waals surface area (Å²) in [6.45, 7) is 5.08. The minimum absolute atomic E-state index is 0.0182. The average Bonchev–Trinajstić information content (AvgIpc) is 3.30. The van der Waals surface area contributed by atoms with E-state index in [0.29, 0.717) is 12.5 Å². The molecule has 2 unspecified atom stereocenters. The van der Waals surface area contributed by atoms with E-state index >= 15 is 0 Å². The fourth-order valence-electron chi connectivity index (χ4n) is 3.61. The maximum absolute atomic E-state index is 12.1. The molecule has 9 heteroatoms. The Labute approximate surface area is 146 Å². The molecule has 0 spiro atoms. The number of hydrogen-bond donors (Lipinski definition) is 2. The summed E-state index contributed by atoms with van der Waals surface area (Å²) in [5, 5.41) is 20.9. The molecular weight excluding hydrogens is 324 g/mol. The highest BCUT2D eigenvalue weighted by molar-refractivity contribution is 5.81. The Bertz CT molecular complexity index is 598. The molecule has 2 atom stereocenters. The minimum Gasteiger partial charge on any atom is -0.358 e. The van der Waals surface area contributed by atoms with Crippen molar-refractivity contribution in [2.24, 2.45) is 5.92 Å². The third-order valence-corrected chi connectivity index (χ3v) is 5.00. The van der Waals surface area contributed by atoms with Gasteiger partial charge in [0.05, 0.1) is 29.9 Å². The van der Waals surface area contributed by atoms with Crippen molar-refractivity contribution in [1.29, 1.82) is 0 Å². The highest BCUT2D eigenvalue weighted by Crippen LogP contribution is 2.16. The third kappa shape index (κ3) is 4.99. The molecule has 0 bridgehead atoms. The molecule has 9 nitrogen and oxygen atoms in total.